The van der Waals surface area contributed by atoms with Gasteiger partial charge in [0.05, 0.1) is 6.61 Å². The fraction of sp³-hybridized carbons (Fsp3) is 0.833. The highest BCUT2D eigenvalue weighted by atomic mass is 31.2. The minimum Gasteiger partial charge on any atom is -0.388 e. The summed E-state index contributed by atoms with van der Waals surface area (Å²) in [4.78, 5) is 27.0. The van der Waals surface area contributed by atoms with Crippen LogP contribution in [0.5, 0.6) is 0 Å². The maximum Gasteiger partial charge on any atom is 0.469 e. The number of phosphoric ester groups is 1. The number of rotatable bonds is 7. The van der Waals surface area contributed by atoms with Crippen LogP contribution in [-0.2, 0) is 13.9 Å². The molecule has 0 aliphatic rings. The van der Waals surface area contributed by atoms with Crippen LogP contribution >= 0.6 is 7.82 Å². The van der Waals surface area contributed by atoms with Crippen LogP contribution in [0.2, 0.25) is 0 Å². The molecule has 0 saturated heterocycles. The Hall–Kier alpha value is -0.580. The van der Waals surface area contributed by atoms with E-state index in [2.05, 4.69) is 10.3 Å². The zero-order valence-electron chi connectivity index (χ0n) is 8.45. The van der Waals surface area contributed by atoms with Gasteiger partial charge in [-0.15, -0.1) is 0 Å². The van der Waals surface area contributed by atoms with E-state index in [0.29, 0.717) is 0 Å². The topological polar surface area (TPSA) is 191 Å². The molecule has 0 saturated carbocycles. The molecule has 0 aromatic heterocycles. The summed E-state index contributed by atoms with van der Waals surface area (Å²) >= 11 is 0. The molecule has 0 aromatic carbocycles. The summed E-state index contributed by atoms with van der Waals surface area (Å²) in [7, 11) is -4.84. The molecule has 0 aliphatic heterocycles. The SMILES string of the molecule is NC(=O)C(O)C(O)C(O)C(O)COP(=O)(O)O. The van der Waals surface area contributed by atoms with Crippen molar-refractivity contribution < 1.29 is 44.1 Å². The van der Waals surface area contributed by atoms with Crippen LogP contribution in [0.25, 0.3) is 0 Å². The molecule has 0 heterocycles. The van der Waals surface area contributed by atoms with Gasteiger partial charge in [0.25, 0.3) is 0 Å². The number of nitrogens with two attached hydrogens (primary N) is 1. The second-order valence-electron chi connectivity index (χ2n) is 3.18. The standard InChI is InChI=1S/C6H14NO9P/c7-6(12)5(11)4(10)3(9)2(8)1-16-17(13,14)15/h2-5,8-11H,1H2,(H2,7,12)(H2,13,14,15). The Kier molecular flexibility index (Phi) is 6.16. The Balaban J connectivity index is 4.34. The largest absolute Gasteiger partial charge is 0.469 e. The van der Waals surface area contributed by atoms with E-state index in [-0.39, 0.29) is 0 Å². The van der Waals surface area contributed by atoms with Crippen LogP contribution in [0, 0.1) is 0 Å². The van der Waals surface area contributed by atoms with Gasteiger partial charge in [-0.3, -0.25) is 9.32 Å². The number of hydrogen-bond acceptors (Lipinski definition) is 7. The van der Waals surface area contributed by atoms with Gasteiger partial charge < -0.3 is 35.9 Å². The van der Waals surface area contributed by atoms with Crippen LogP contribution in [0.4, 0.5) is 0 Å². The first-order valence-corrected chi connectivity index (χ1v) is 5.81. The first-order chi connectivity index (χ1) is 7.56. The molecule has 10 nitrogen and oxygen atoms in total. The van der Waals surface area contributed by atoms with Crippen molar-refractivity contribution in [2.75, 3.05) is 6.61 Å². The summed E-state index contributed by atoms with van der Waals surface area (Å²) in [5.41, 5.74) is 4.62. The van der Waals surface area contributed by atoms with E-state index in [1.807, 2.05) is 0 Å². The molecule has 0 fully saturated rings. The molecule has 102 valence electrons. The third kappa shape index (κ3) is 6.05. The van der Waals surface area contributed by atoms with Crippen molar-refractivity contribution in [3.8, 4) is 0 Å². The van der Waals surface area contributed by atoms with Gasteiger partial charge in [-0.1, -0.05) is 0 Å². The number of primary amides is 1. The second kappa shape index (κ2) is 6.38. The lowest BCUT2D eigenvalue weighted by Crippen LogP contribution is -2.50. The maximum atomic E-state index is 10.4. The summed E-state index contributed by atoms with van der Waals surface area (Å²) in [5, 5.41) is 36.4. The number of amides is 1. The summed E-state index contributed by atoms with van der Waals surface area (Å²) < 4.78 is 14.1. The fourth-order valence-electron chi connectivity index (χ4n) is 0.855. The zero-order valence-corrected chi connectivity index (χ0v) is 9.34. The predicted molar refractivity (Wildman–Crippen MR) is 51.2 cm³/mol. The normalized spacial score (nSPS) is 19.4. The van der Waals surface area contributed by atoms with Crippen molar-refractivity contribution in [2.45, 2.75) is 24.4 Å². The molecule has 8 N–H and O–H groups in total. The van der Waals surface area contributed by atoms with Crippen LogP contribution in [0.3, 0.4) is 0 Å². The van der Waals surface area contributed by atoms with E-state index < -0.39 is 44.8 Å². The molecular formula is C6H14NO9P. The van der Waals surface area contributed by atoms with Gasteiger partial charge in [0.2, 0.25) is 5.91 Å². The number of phosphoric acid groups is 1. The average Bonchev–Trinajstić information content (AvgIpc) is 2.21. The molecule has 0 bridgehead atoms. The first-order valence-electron chi connectivity index (χ1n) is 4.28. The molecule has 0 radical (unpaired) electrons. The van der Waals surface area contributed by atoms with Gasteiger partial charge in [-0.25, -0.2) is 4.57 Å². The Labute approximate surface area is 95.5 Å². The third-order valence-electron chi connectivity index (χ3n) is 1.77. The predicted octanol–water partition coefficient (Wildman–Crippen LogP) is -3.98. The van der Waals surface area contributed by atoms with Crippen molar-refractivity contribution in [2.24, 2.45) is 5.73 Å². The molecule has 0 aromatic rings. The van der Waals surface area contributed by atoms with Gasteiger partial charge in [0, 0.05) is 0 Å². The lowest BCUT2D eigenvalue weighted by Gasteiger charge is -2.24. The van der Waals surface area contributed by atoms with Crippen LogP contribution in [0.15, 0.2) is 0 Å². The Morgan fingerprint density at radius 3 is 2.00 bits per heavy atom. The van der Waals surface area contributed by atoms with Gasteiger partial charge in [-0.2, -0.15) is 0 Å². The minimum atomic E-state index is -4.84. The van der Waals surface area contributed by atoms with Crippen LogP contribution in [-0.4, -0.2) is 67.1 Å². The third-order valence-corrected chi connectivity index (χ3v) is 2.26. The van der Waals surface area contributed by atoms with Crippen LogP contribution < -0.4 is 5.73 Å². The van der Waals surface area contributed by atoms with E-state index in [1.165, 1.54) is 0 Å². The molecular weight excluding hydrogens is 261 g/mol. The van der Waals surface area contributed by atoms with E-state index >= 15 is 0 Å². The molecule has 1 amide bonds. The molecule has 0 aliphatic carbocycles. The monoisotopic (exact) mass is 275 g/mol. The minimum absolute atomic E-state index is 1.01. The van der Waals surface area contributed by atoms with Crippen LogP contribution in [0.1, 0.15) is 0 Å². The summed E-state index contributed by atoms with van der Waals surface area (Å²) in [6.07, 6.45) is -8.23. The second-order valence-corrected chi connectivity index (χ2v) is 4.42. The molecule has 4 unspecified atom stereocenters. The highest BCUT2D eigenvalue weighted by molar-refractivity contribution is 7.46. The van der Waals surface area contributed by atoms with Gasteiger partial charge in [0.1, 0.15) is 18.3 Å². The summed E-state index contributed by atoms with van der Waals surface area (Å²) in [5.74, 6) is -1.33. The van der Waals surface area contributed by atoms with Gasteiger partial charge in [0.15, 0.2) is 6.10 Å². The molecule has 11 heteroatoms. The lowest BCUT2D eigenvalue weighted by atomic mass is 10.0. The van der Waals surface area contributed by atoms with Crippen molar-refractivity contribution >= 4 is 13.7 Å². The quantitative estimate of drug-likeness (QED) is 0.227. The van der Waals surface area contributed by atoms with Gasteiger partial charge in [-0.05, 0) is 0 Å². The number of hydrogen-bond donors (Lipinski definition) is 7. The van der Waals surface area contributed by atoms with E-state index in [1.54, 1.807) is 0 Å². The summed E-state index contributed by atoms with van der Waals surface area (Å²) in [6.45, 7) is -1.01. The van der Waals surface area contributed by atoms with Gasteiger partial charge >= 0.3 is 7.82 Å². The molecule has 0 rings (SSSR count). The fourth-order valence-corrected chi connectivity index (χ4v) is 1.20. The summed E-state index contributed by atoms with van der Waals surface area (Å²) in [6, 6.07) is 0. The smallest absolute Gasteiger partial charge is 0.388 e. The number of carbonyl (C=O) groups excluding carboxylic acids is 1. The van der Waals surface area contributed by atoms with E-state index in [0.717, 1.165) is 0 Å². The van der Waals surface area contributed by atoms with Crippen molar-refractivity contribution in [1.82, 2.24) is 0 Å². The van der Waals surface area contributed by atoms with Crippen molar-refractivity contribution in [3.05, 3.63) is 0 Å². The number of aliphatic hydroxyl groups is 4. The first kappa shape index (κ1) is 16.4. The average molecular weight is 275 g/mol. The highest BCUT2D eigenvalue weighted by Crippen LogP contribution is 2.35. The van der Waals surface area contributed by atoms with E-state index in [4.69, 9.17) is 25.1 Å². The maximum absolute atomic E-state index is 10.4. The van der Waals surface area contributed by atoms with Crippen molar-refractivity contribution in [3.63, 3.8) is 0 Å². The van der Waals surface area contributed by atoms with Crippen molar-refractivity contribution in [1.29, 1.82) is 0 Å². The number of aliphatic hydroxyl groups excluding tert-OH is 4. The lowest BCUT2D eigenvalue weighted by molar-refractivity contribution is -0.145. The zero-order chi connectivity index (χ0) is 13.8. The Bertz CT molecular complexity index is 304. The Morgan fingerprint density at radius 2 is 1.65 bits per heavy atom. The number of carbonyl (C=O) groups is 1. The molecule has 4 atom stereocenters. The highest BCUT2D eigenvalue weighted by Gasteiger charge is 2.34. The van der Waals surface area contributed by atoms with E-state index in [9.17, 15) is 14.5 Å². The molecule has 17 heavy (non-hydrogen) atoms. The Morgan fingerprint density at radius 1 is 1.18 bits per heavy atom. The molecule has 0 spiro atoms.